The van der Waals surface area contributed by atoms with E-state index >= 15 is 0 Å². The molecule has 0 radical (unpaired) electrons. The van der Waals surface area contributed by atoms with Crippen LogP contribution in [0.4, 0.5) is 0 Å². The predicted octanol–water partition coefficient (Wildman–Crippen LogP) is 0.901. The Morgan fingerprint density at radius 3 is 3.00 bits per heavy atom. The van der Waals surface area contributed by atoms with Crippen molar-refractivity contribution in [2.24, 2.45) is 12.8 Å². The van der Waals surface area contributed by atoms with Gasteiger partial charge >= 0.3 is 0 Å². The fraction of sp³-hybridized carbons (Fsp3) is 0.222. The maximum atomic E-state index is 11.6. The number of aryl methyl sites for hydroxylation is 1. The van der Waals surface area contributed by atoms with E-state index in [9.17, 15) is 4.79 Å². The Morgan fingerprint density at radius 2 is 2.43 bits per heavy atom. The minimum absolute atomic E-state index is 0.0455. The number of aromatic amines is 1. The summed E-state index contributed by atoms with van der Waals surface area (Å²) in [6, 6.07) is 3.92. The number of H-pyrrole nitrogens is 1. The van der Waals surface area contributed by atoms with Gasteiger partial charge in [-0.15, -0.1) is 11.3 Å². The molecule has 0 aliphatic heterocycles. The summed E-state index contributed by atoms with van der Waals surface area (Å²) in [5.41, 5.74) is 6.99. The zero-order chi connectivity index (χ0) is 10.1. The van der Waals surface area contributed by atoms with Gasteiger partial charge in [0, 0.05) is 13.6 Å². The van der Waals surface area contributed by atoms with E-state index in [0.717, 1.165) is 10.6 Å². The van der Waals surface area contributed by atoms with E-state index in [1.165, 1.54) is 4.68 Å². The van der Waals surface area contributed by atoms with Crippen molar-refractivity contribution in [3.63, 3.8) is 0 Å². The van der Waals surface area contributed by atoms with Gasteiger partial charge in [-0.05, 0) is 11.4 Å². The first kappa shape index (κ1) is 9.23. The number of aromatic nitrogens is 2. The van der Waals surface area contributed by atoms with Crippen LogP contribution >= 0.6 is 11.3 Å². The van der Waals surface area contributed by atoms with E-state index in [4.69, 9.17) is 5.73 Å². The minimum Gasteiger partial charge on any atom is -0.326 e. The Balaban J connectivity index is 2.65. The van der Waals surface area contributed by atoms with Crippen LogP contribution in [0.2, 0.25) is 0 Å². The van der Waals surface area contributed by atoms with Crippen LogP contribution in [0.25, 0.3) is 10.6 Å². The average molecular weight is 209 g/mol. The van der Waals surface area contributed by atoms with Crippen molar-refractivity contribution in [3.8, 4) is 10.6 Å². The monoisotopic (exact) mass is 209 g/mol. The lowest BCUT2D eigenvalue weighted by molar-refractivity contribution is 0.740. The topological polar surface area (TPSA) is 63.8 Å². The van der Waals surface area contributed by atoms with Crippen LogP contribution in [0.1, 0.15) is 5.56 Å². The Hall–Kier alpha value is -1.33. The molecule has 0 aliphatic carbocycles. The zero-order valence-corrected chi connectivity index (χ0v) is 8.60. The summed E-state index contributed by atoms with van der Waals surface area (Å²) in [6.07, 6.45) is 0. The lowest BCUT2D eigenvalue weighted by Gasteiger charge is -1.94. The number of rotatable bonds is 2. The fourth-order valence-electron chi connectivity index (χ4n) is 1.41. The maximum absolute atomic E-state index is 11.6. The highest BCUT2D eigenvalue weighted by atomic mass is 32.1. The van der Waals surface area contributed by atoms with Crippen molar-refractivity contribution in [1.82, 2.24) is 9.78 Å². The molecule has 0 aliphatic rings. The van der Waals surface area contributed by atoms with Gasteiger partial charge in [0.2, 0.25) is 0 Å². The number of hydrogen-bond donors (Lipinski definition) is 2. The molecule has 2 aromatic rings. The van der Waals surface area contributed by atoms with Crippen LogP contribution in [0.3, 0.4) is 0 Å². The molecule has 14 heavy (non-hydrogen) atoms. The molecule has 0 fully saturated rings. The summed E-state index contributed by atoms with van der Waals surface area (Å²) in [7, 11) is 1.69. The molecule has 0 amide bonds. The van der Waals surface area contributed by atoms with Crippen LogP contribution in [0, 0.1) is 0 Å². The smallest absolute Gasteiger partial charge is 0.271 e. The Labute approximate surface area is 85.0 Å². The molecule has 74 valence electrons. The Morgan fingerprint density at radius 1 is 1.64 bits per heavy atom. The molecule has 0 saturated carbocycles. The summed E-state index contributed by atoms with van der Waals surface area (Å²) in [4.78, 5) is 12.6. The lowest BCUT2D eigenvalue weighted by atomic mass is 10.2. The van der Waals surface area contributed by atoms with Crippen LogP contribution in [0.15, 0.2) is 22.3 Å². The van der Waals surface area contributed by atoms with E-state index in [2.05, 4.69) is 5.10 Å². The van der Waals surface area contributed by atoms with Crippen molar-refractivity contribution >= 4 is 11.3 Å². The third-order valence-corrected chi connectivity index (χ3v) is 3.00. The van der Waals surface area contributed by atoms with Gasteiger partial charge in [0.05, 0.1) is 16.1 Å². The van der Waals surface area contributed by atoms with Crippen LogP contribution in [0.5, 0.6) is 0 Å². The molecule has 2 aromatic heterocycles. The van der Waals surface area contributed by atoms with Crippen molar-refractivity contribution in [3.05, 3.63) is 33.4 Å². The van der Waals surface area contributed by atoms with Crippen LogP contribution in [-0.2, 0) is 13.6 Å². The average Bonchev–Trinajstić information content (AvgIpc) is 2.76. The summed E-state index contributed by atoms with van der Waals surface area (Å²) in [5.74, 6) is 0. The standard InChI is InChI=1S/C9H11N3OS/c1-12-9(13)6(5-10)8(11-12)7-3-2-4-14-7/h2-4,11H,5,10H2,1H3. The van der Waals surface area contributed by atoms with Gasteiger partial charge < -0.3 is 5.73 Å². The second-order valence-corrected chi connectivity index (χ2v) is 3.96. The number of nitrogens with one attached hydrogen (secondary N) is 1. The van der Waals surface area contributed by atoms with E-state index < -0.39 is 0 Å². The van der Waals surface area contributed by atoms with Gasteiger partial charge in [-0.1, -0.05) is 6.07 Å². The first-order valence-corrected chi connectivity index (χ1v) is 5.14. The van der Waals surface area contributed by atoms with Crippen molar-refractivity contribution < 1.29 is 0 Å². The Bertz CT molecular complexity index is 481. The summed E-state index contributed by atoms with van der Waals surface area (Å²) >= 11 is 1.59. The van der Waals surface area contributed by atoms with Crippen LogP contribution < -0.4 is 11.3 Å². The van der Waals surface area contributed by atoms with E-state index in [-0.39, 0.29) is 12.1 Å². The highest BCUT2D eigenvalue weighted by Crippen LogP contribution is 2.24. The molecule has 0 bridgehead atoms. The van der Waals surface area contributed by atoms with Gasteiger partial charge in [0.15, 0.2) is 0 Å². The molecule has 5 heteroatoms. The number of thiophene rings is 1. The second kappa shape index (κ2) is 3.43. The molecular weight excluding hydrogens is 198 g/mol. The van der Waals surface area contributed by atoms with E-state index in [1.807, 2.05) is 17.5 Å². The highest BCUT2D eigenvalue weighted by Gasteiger charge is 2.12. The normalized spacial score (nSPS) is 10.7. The fourth-order valence-corrected chi connectivity index (χ4v) is 2.16. The second-order valence-electron chi connectivity index (χ2n) is 3.01. The number of nitrogens with two attached hydrogens (primary N) is 1. The molecule has 0 unspecified atom stereocenters. The quantitative estimate of drug-likeness (QED) is 0.772. The van der Waals surface area contributed by atoms with Crippen molar-refractivity contribution in [1.29, 1.82) is 0 Å². The first-order valence-electron chi connectivity index (χ1n) is 4.26. The summed E-state index contributed by atoms with van der Waals surface area (Å²) in [6.45, 7) is 0.267. The van der Waals surface area contributed by atoms with Gasteiger partial charge in [-0.25, -0.2) is 0 Å². The molecule has 2 heterocycles. The number of hydrogen-bond acceptors (Lipinski definition) is 3. The molecule has 4 nitrogen and oxygen atoms in total. The third kappa shape index (κ3) is 1.30. The lowest BCUT2D eigenvalue weighted by Crippen LogP contribution is -2.17. The summed E-state index contributed by atoms with van der Waals surface area (Å²) in [5, 5.41) is 4.97. The number of nitrogens with zero attached hydrogens (tertiary/aromatic N) is 1. The molecule has 0 atom stereocenters. The minimum atomic E-state index is -0.0455. The maximum Gasteiger partial charge on any atom is 0.271 e. The predicted molar refractivity (Wildman–Crippen MR) is 57.2 cm³/mol. The van der Waals surface area contributed by atoms with Gasteiger partial charge in [0.1, 0.15) is 0 Å². The van der Waals surface area contributed by atoms with Gasteiger partial charge in [-0.3, -0.25) is 14.6 Å². The van der Waals surface area contributed by atoms with Gasteiger partial charge in [0.25, 0.3) is 5.56 Å². The molecule has 0 aromatic carbocycles. The molecule has 0 spiro atoms. The van der Waals surface area contributed by atoms with Gasteiger partial charge in [-0.2, -0.15) is 0 Å². The van der Waals surface area contributed by atoms with Crippen LogP contribution in [-0.4, -0.2) is 9.78 Å². The third-order valence-electron chi connectivity index (χ3n) is 2.12. The zero-order valence-electron chi connectivity index (χ0n) is 7.78. The highest BCUT2D eigenvalue weighted by molar-refractivity contribution is 7.13. The SMILES string of the molecule is Cn1[nH]c(-c2cccs2)c(CN)c1=O. The van der Waals surface area contributed by atoms with Crippen molar-refractivity contribution in [2.75, 3.05) is 0 Å². The largest absolute Gasteiger partial charge is 0.326 e. The van der Waals surface area contributed by atoms with E-state index in [1.54, 1.807) is 18.4 Å². The molecule has 3 N–H and O–H groups in total. The molecular formula is C9H11N3OS. The van der Waals surface area contributed by atoms with Crippen molar-refractivity contribution in [2.45, 2.75) is 6.54 Å². The summed E-state index contributed by atoms with van der Waals surface area (Å²) < 4.78 is 1.46. The van der Waals surface area contributed by atoms with E-state index in [0.29, 0.717) is 5.56 Å². The first-order chi connectivity index (χ1) is 6.74. The molecule has 2 rings (SSSR count). The molecule has 0 saturated heterocycles. The Kier molecular flexibility index (Phi) is 2.26.